The van der Waals surface area contributed by atoms with Gasteiger partial charge in [-0.25, -0.2) is 8.42 Å². The molecule has 1 heterocycles. The number of thioether (sulfide) groups is 1. The molecular formula is C16H26IN3O2S2. The topological polar surface area (TPSA) is 61.8 Å². The summed E-state index contributed by atoms with van der Waals surface area (Å²) in [6.45, 7) is 5.33. The standard InChI is InChI=1S/C16H25N3O2S2.HI/c1-16(2)13-19(10-12-23(16,20)21)15(17-3)18-9-11-22-14-7-5-4-6-8-14;/h4-8H,9-13H2,1-3H3,(H,17,18);1H. The van der Waals surface area contributed by atoms with Gasteiger partial charge in [-0.05, 0) is 26.0 Å². The molecule has 0 unspecified atom stereocenters. The Bertz CT molecular complexity index is 649. The van der Waals surface area contributed by atoms with Gasteiger partial charge in [-0.2, -0.15) is 0 Å². The summed E-state index contributed by atoms with van der Waals surface area (Å²) in [4.78, 5) is 7.58. The molecule has 8 heteroatoms. The minimum Gasteiger partial charge on any atom is -0.355 e. The fraction of sp³-hybridized carbons (Fsp3) is 0.562. The van der Waals surface area contributed by atoms with Crippen LogP contribution in [0.25, 0.3) is 0 Å². The molecule has 0 bridgehead atoms. The Labute approximate surface area is 166 Å². The summed E-state index contributed by atoms with van der Waals surface area (Å²) in [7, 11) is -1.29. The van der Waals surface area contributed by atoms with Gasteiger partial charge in [0.25, 0.3) is 0 Å². The monoisotopic (exact) mass is 483 g/mol. The fourth-order valence-corrected chi connectivity index (χ4v) is 4.66. The molecule has 0 spiro atoms. The largest absolute Gasteiger partial charge is 0.355 e. The zero-order chi connectivity index (χ0) is 16.9. The van der Waals surface area contributed by atoms with Crippen LogP contribution in [0.5, 0.6) is 0 Å². The van der Waals surface area contributed by atoms with E-state index in [9.17, 15) is 8.42 Å². The molecule has 24 heavy (non-hydrogen) atoms. The minimum absolute atomic E-state index is 0. The lowest BCUT2D eigenvalue weighted by molar-refractivity contribution is 0.354. The van der Waals surface area contributed by atoms with E-state index in [4.69, 9.17) is 0 Å². The van der Waals surface area contributed by atoms with Crippen LogP contribution in [0.4, 0.5) is 0 Å². The average Bonchev–Trinajstić information content (AvgIpc) is 2.51. The van der Waals surface area contributed by atoms with Crippen LogP contribution in [0.1, 0.15) is 13.8 Å². The highest BCUT2D eigenvalue weighted by Crippen LogP contribution is 2.23. The Morgan fingerprint density at radius 3 is 2.58 bits per heavy atom. The molecule has 1 fully saturated rings. The zero-order valence-corrected chi connectivity index (χ0v) is 18.3. The van der Waals surface area contributed by atoms with Crippen LogP contribution in [-0.2, 0) is 9.84 Å². The molecule has 1 aliphatic rings. The maximum Gasteiger partial charge on any atom is 0.193 e. The molecule has 2 rings (SSSR count). The second-order valence-corrected chi connectivity index (χ2v) is 10.0. The van der Waals surface area contributed by atoms with E-state index in [1.165, 1.54) is 4.90 Å². The van der Waals surface area contributed by atoms with Crippen molar-refractivity contribution < 1.29 is 8.42 Å². The maximum absolute atomic E-state index is 12.1. The number of guanidine groups is 1. The quantitative estimate of drug-likeness (QED) is 0.235. The van der Waals surface area contributed by atoms with Crippen molar-refractivity contribution in [2.24, 2.45) is 4.99 Å². The highest BCUT2D eigenvalue weighted by molar-refractivity contribution is 14.0. The number of benzene rings is 1. The van der Waals surface area contributed by atoms with Gasteiger partial charge in [0.15, 0.2) is 15.8 Å². The first-order valence-electron chi connectivity index (χ1n) is 7.71. The van der Waals surface area contributed by atoms with E-state index >= 15 is 0 Å². The lowest BCUT2D eigenvalue weighted by Crippen LogP contribution is -2.57. The van der Waals surface area contributed by atoms with E-state index < -0.39 is 14.6 Å². The number of hydrogen-bond acceptors (Lipinski definition) is 4. The molecule has 0 atom stereocenters. The Balaban J connectivity index is 0.00000288. The number of sulfone groups is 1. The van der Waals surface area contributed by atoms with Gasteiger partial charge in [-0.15, -0.1) is 35.7 Å². The van der Waals surface area contributed by atoms with E-state index in [1.807, 2.05) is 23.1 Å². The van der Waals surface area contributed by atoms with Crippen LogP contribution in [0.15, 0.2) is 40.2 Å². The molecule has 0 aromatic heterocycles. The third kappa shape index (κ3) is 5.52. The Morgan fingerprint density at radius 1 is 1.33 bits per heavy atom. The van der Waals surface area contributed by atoms with E-state index in [0.29, 0.717) is 13.1 Å². The summed E-state index contributed by atoms with van der Waals surface area (Å²) in [5, 5.41) is 3.33. The van der Waals surface area contributed by atoms with Gasteiger partial charge >= 0.3 is 0 Å². The van der Waals surface area contributed by atoms with Crippen LogP contribution >= 0.6 is 35.7 Å². The van der Waals surface area contributed by atoms with Crippen molar-refractivity contribution in [1.29, 1.82) is 0 Å². The SMILES string of the molecule is CN=C(NCCSc1ccccc1)N1CCS(=O)(=O)C(C)(C)C1.I. The molecule has 1 saturated heterocycles. The molecule has 1 aromatic rings. The molecule has 0 amide bonds. The first kappa shape index (κ1) is 21.6. The summed E-state index contributed by atoms with van der Waals surface area (Å²) in [5.74, 6) is 1.89. The predicted octanol–water partition coefficient (Wildman–Crippen LogP) is 2.48. The highest BCUT2D eigenvalue weighted by Gasteiger charge is 2.40. The number of halogens is 1. The van der Waals surface area contributed by atoms with E-state index in [-0.39, 0.29) is 29.7 Å². The van der Waals surface area contributed by atoms with Crippen molar-refractivity contribution in [3.05, 3.63) is 30.3 Å². The van der Waals surface area contributed by atoms with Crippen LogP contribution in [0.3, 0.4) is 0 Å². The number of nitrogens with zero attached hydrogens (tertiary/aromatic N) is 2. The van der Waals surface area contributed by atoms with Crippen molar-refractivity contribution in [3.8, 4) is 0 Å². The lowest BCUT2D eigenvalue weighted by atomic mass is 10.2. The predicted molar refractivity (Wildman–Crippen MR) is 113 cm³/mol. The smallest absolute Gasteiger partial charge is 0.193 e. The van der Waals surface area contributed by atoms with Crippen molar-refractivity contribution >= 4 is 51.5 Å². The fourth-order valence-electron chi connectivity index (χ4n) is 2.51. The first-order chi connectivity index (χ1) is 10.9. The summed E-state index contributed by atoms with van der Waals surface area (Å²) >= 11 is 1.79. The summed E-state index contributed by atoms with van der Waals surface area (Å²) in [5.41, 5.74) is 0. The number of hydrogen-bond donors (Lipinski definition) is 1. The molecule has 136 valence electrons. The Morgan fingerprint density at radius 2 is 2.00 bits per heavy atom. The zero-order valence-electron chi connectivity index (χ0n) is 14.4. The van der Waals surface area contributed by atoms with Gasteiger partial charge in [-0.1, -0.05) is 18.2 Å². The van der Waals surface area contributed by atoms with E-state index in [0.717, 1.165) is 18.3 Å². The minimum atomic E-state index is -3.03. The summed E-state index contributed by atoms with van der Waals surface area (Å²) in [6.07, 6.45) is 0. The number of rotatable bonds is 4. The van der Waals surface area contributed by atoms with Crippen LogP contribution in [0.2, 0.25) is 0 Å². The van der Waals surface area contributed by atoms with E-state index in [1.54, 1.807) is 32.7 Å². The molecule has 1 aromatic carbocycles. The van der Waals surface area contributed by atoms with E-state index in [2.05, 4.69) is 22.4 Å². The summed E-state index contributed by atoms with van der Waals surface area (Å²) < 4.78 is 23.4. The molecule has 1 N–H and O–H groups in total. The van der Waals surface area contributed by atoms with Gasteiger partial charge in [0, 0.05) is 37.3 Å². The molecular weight excluding hydrogens is 457 g/mol. The second kappa shape index (κ2) is 9.28. The van der Waals surface area contributed by atoms with Crippen molar-refractivity contribution in [2.45, 2.75) is 23.5 Å². The molecule has 5 nitrogen and oxygen atoms in total. The van der Waals surface area contributed by atoms with Gasteiger partial charge in [0.1, 0.15) is 0 Å². The molecule has 0 saturated carbocycles. The highest BCUT2D eigenvalue weighted by atomic mass is 127. The van der Waals surface area contributed by atoms with Crippen molar-refractivity contribution in [1.82, 2.24) is 10.2 Å². The lowest BCUT2D eigenvalue weighted by Gasteiger charge is -2.39. The third-order valence-corrected chi connectivity index (χ3v) is 7.50. The Hall–Kier alpha value is -0.480. The van der Waals surface area contributed by atoms with Crippen molar-refractivity contribution in [2.75, 3.05) is 38.2 Å². The molecule has 0 aliphatic carbocycles. The van der Waals surface area contributed by atoms with Gasteiger partial charge < -0.3 is 10.2 Å². The normalized spacial score (nSPS) is 19.5. The first-order valence-corrected chi connectivity index (χ1v) is 10.4. The number of nitrogens with one attached hydrogen (secondary N) is 1. The summed E-state index contributed by atoms with van der Waals surface area (Å²) in [6, 6.07) is 10.3. The van der Waals surface area contributed by atoms with Gasteiger partial charge in [0.05, 0.1) is 10.5 Å². The second-order valence-electron chi connectivity index (χ2n) is 6.14. The molecule has 1 aliphatic heterocycles. The van der Waals surface area contributed by atoms with Crippen LogP contribution in [-0.4, -0.2) is 62.2 Å². The van der Waals surface area contributed by atoms with Crippen LogP contribution in [0, 0.1) is 0 Å². The average molecular weight is 483 g/mol. The van der Waals surface area contributed by atoms with Gasteiger partial charge in [0.2, 0.25) is 0 Å². The Kier molecular flexibility index (Phi) is 8.34. The number of aliphatic imine (C=N–C) groups is 1. The van der Waals surface area contributed by atoms with Gasteiger partial charge in [-0.3, -0.25) is 4.99 Å². The maximum atomic E-state index is 12.1. The molecule has 0 radical (unpaired) electrons. The third-order valence-electron chi connectivity index (χ3n) is 3.95. The van der Waals surface area contributed by atoms with Crippen molar-refractivity contribution in [3.63, 3.8) is 0 Å². The van der Waals surface area contributed by atoms with Crippen LogP contribution < -0.4 is 5.32 Å².